The van der Waals surface area contributed by atoms with E-state index in [4.69, 9.17) is 10.4 Å². The highest BCUT2D eigenvalue weighted by Crippen LogP contribution is 2.24. The van der Waals surface area contributed by atoms with Gasteiger partial charge in [0.1, 0.15) is 11.6 Å². The van der Waals surface area contributed by atoms with Crippen LogP contribution in [0.1, 0.15) is 12.0 Å². The van der Waals surface area contributed by atoms with E-state index in [1.807, 2.05) is 34.9 Å². The first kappa shape index (κ1) is 20.8. The largest absolute Gasteiger partial charge is 0.346 e. The average molecular weight is 419 g/mol. The predicted molar refractivity (Wildman–Crippen MR) is 112 cm³/mol. The fourth-order valence-electron chi connectivity index (χ4n) is 2.98. The Morgan fingerprint density at radius 2 is 1.83 bits per heavy atom. The molecule has 0 saturated heterocycles. The minimum atomic E-state index is -3.83. The number of carbonyl (C=O) groups is 1. The molecule has 3 aromatic rings. The molecule has 0 spiro atoms. The van der Waals surface area contributed by atoms with E-state index in [1.165, 1.54) is 30.3 Å². The number of hydrogen-bond acceptors (Lipinski definition) is 5. The van der Waals surface area contributed by atoms with Crippen molar-refractivity contribution >= 4 is 38.6 Å². The first-order chi connectivity index (χ1) is 14.3. The van der Waals surface area contributed by atoms with Crippen LogP contribution in [0.2, 0.25) is 0 Å². The summed E-state index contributed by atoms with van der Waals surface area (Å²) in [6.45, 7) is 0.495. The lowest BCUT2D eigenvalue weighted by Gasteiger charge is -2.05. The number of amides is 1. The molecule has 1 aromatic heterocycles. The standard InChI is InChI=1S/C21H17N5O3S/c22-10-3-11-26-14-16(19-4-1-2-5-20(19)26)12-15(13-23)21(27)25-17-6-8-18(9-7-17)30(24,28)29/h1-2,4-9,12,14H,3,11H2,(H,25,27)(H2,24,28,29)/b15-12+. The van der Waals surface area contributed by atoms with Crippen molar-refractivity contribution in [1.82, 2.24) is 4.57 Å². The third-order valence-electron chi connectivity index (χ3n) is 4.39. The zero-order valence-electron chi connectivity index (χ0n) is 15.7. The van der Waals surface area contributed by atoms with E-state index in [2.05, 4.69) is 11.4 Å². The Balaban J connectivity index is 1.90. The van der Waals surface area contributed by atoms with Crippen LogP contribution in [-0.4, -0.2) is 18.9 Å². The highest BCUT2D eigenvalue weighted by molar-refractivity contribution is 7.89. The van der Waals surface area contributed by atoms with E-state index in [9.17, 15) is 18.5 Å². The summed E-state index contributed by atoms with van der Waals surface area (Å²) in [6, 6.07) is 16.8. The van der Waals surface area contributed by atoms with E-state index in [-0.39, 0.29) is 10.5 Å². The van der Waals surface area contributed by atoms with Crippen LogP contribution in [0.4, 0.5) is 5.69 Å². The van der Waals surface area contributed by atoms with Crippen molar-refractivity contribution in [2.75, 3.05) is 5.32 Å². The van der Waals surface area contributed by atoms with E-state index in [0.29, 0.717) is 24.2 Å². The lowest BCUT2D eigenvalue weighted by molar-refractivity contribution is -0.112. The summed E-state index contributed by atoms with van der Waals surface area (Å²) in [4.78, 5) is 12.5. The van der Waals surface area contributed by atoms with Gasteiger partial charge in [-0.15, -0.1) is 0 Å². The number of hydrogen-bond donors (Lipinski definition) is 2. The molecular formula is C21H17N5O3S. The molecule has 3 rings (SSSR count). The number of aromatic nitrogens is 1. The SMILES string of the molecule is N#CCCn1cc(/C=C(\C#N)C(=O)Nc2ccc(S(N)(=O)=O)cc2)c2ccccc21. The maximum Gasteiger partial charge on any atom is 0.266 e. The van der Waals surface area contributed by atoms with Crippen LogP contribution in [0.3, 0.4) is 0 Å². The number of carbonyl (C=O) groups excluding carboxylic acids is 1. The monoisotopic (exact) mass is 419 g/mol. The number of anilines is 1. The number of benzene rings is 2. The molecule has 0 aliphatic rings. The van der Waals surface area contributed by atoms with Gasteiger partial charge in [-0.25, -0.2) is 13.6 Å². The van der Waals surface area contributed by atoms with Crippen molar-refractivity contribution in [1.29, 1.82) is 10.5 Å². The zero-order chi connectivity index (χ0) is 21.7. The second-order valence-corrected chi connectivity index (χ2v) is 7.96. The van der Waals surface area contributed by atoms with E-state index < -0.39 is 15.9 Å². The molecule has 1 heterocycles. The molecule has 150 valence electrons. The van der Waals surface area contributed by atoms with Gasteiger partial charge >= 0.3 is 0 Å². The van der Waals surface area contributed by atoms with Crippen molar-refractivity contribution in [3.05, 3.63) is 65.9 Å². The molecule has 9 heteroatoms. The predicted octanol–water partition coefficient (Wildman–Crippen LogP) is 2.75. The van der Waals surface area contributed by atoms with Crippen molar-refractivity contribution in [2.45, 2.75) is 17.9 Å². The topological polar surface area (TPSA) is 142 Å². The van der Waals surface area contributed by atoms with Crippen LogP contribution in [0, 0.1) is 22.7 Å². The summed E-state index contributed by atoms with van der Waals surface area (Å²) in [5, 5.41) is 26.8. The summed E-state index contributed by atoms with van der Waals surface area (Å²) in [5.74, 6) is -0.630. The average Bonchev–Trinajstić information content (AvgIpc) is 3.07. The molecule has 0 saturated carbocycles. The number of nitriles is 2. The molecule has 3 N–H and O–H groups in total. The third-order valence-corrected chi connectivity index (χ3v) is 5.32. The molecule has 0 aliphatic heterocycles. The van der Waals surface area contributed by atoms with E-state index in [1.54, 1.807) is 6.20 Å². The molecule has 0 bridgehead atoms. The Bertz CT molecular complexity index is 1320. The van der Waals surface area contributed by atoms with Crippen LogP contribution in [0.5, 0.6) is 0 Å². The molecule has 1 amide bonds. The number of sulfonamides is 1. The Kier molecular flexibility index (Phi) is 5.98. The van der Waals surface area contributed by atoms with Crippen molar-refractivity contribution < 1.29 is 13.2 Å². The van der Waals surface area contributed by atoms with Gasteiger partial charge in [-0.3, -0.25) is 4.79 Å². The normalized spacial score (nSPS) is 11.6. The quantitative estimate of drug-likeness (QED) is 0.467. The van der Waals surface area contributed by atoms with Crippen LogP contribution in [0.25, 0.3) is 17.0 Å². The van der Waals surface area contributed by atoms with Crippen LogP contribution >= 0.6 is 0 Å². The Hall–Kier alpha value is -3.92. The fraction of sp³-hybridized carbons (Fsp3) is 0.0952. The van der Waals surface area contributed by atoms with E-state index in [0.717, 1.165) is 10.9 Å². The van der Waals surface area contributed by atoms with Crippen molar-refractivity contribution in [3.8, 4) is 12.1 Å². The minimum absolute atomic E-state index is 0.0817. The van der Waals surface area contributed by atoms with Crippen LogP contribution in [-0.2, 0) is 21.4 Å². The first-order valence-corrected chi connectivity index (χ1v) is 10.4. The minimum Gasteiger partial charge on any atom is -0.346 e. The van der Waals surface area contributed by atoms with Crippen molar-refractivity contribution in [2.24, 2.45) is 5.14 Å². The Morgan fingerprint density at radius 1 is 1.13 bits per heavy atom. The Morgan fingerprint density at radius 3 is 2.47 bits per heavy atom. The lowest BCUT2D eigenvalue weighted by atomic mass is 10.1. The van der Waals surface area contributed by atoms with Gasteiger partial charge in [0.05, 0.1) is 17.4 Å². The molecular weight excluding hydrogens is 402 g/mol. The molecule has 0 radical (unpaired) electrons. The molecule has 0 aliphatic carbocycles. The molecule has 2 aromatic carbocycles. The van der Waals surface area contributed by atoms with Gasteiger partial charge in [0.15, 0.2) is 0 Å². The third kappa shape index (κ3) is 4.55. The lowest BCUT2D eigenvalue weighted by Crippen LogP contribution is -2.14. The summed E-state index contributed by atoms with van der Waals surface area (Å²) >= 11 is 0. The van der Waals surface area contributed by atoms with Gasteiger partial charge in [0, 0.05) is 34.9 Å². The number of para-hydroxylation sites is 1. The summed E-state index contributed by atoms with van der Waals surface area (Å²) < 4.78 is 24.5. The van der Waals surface area contributed by atoms with Crippen LogP contribution < -0.4 is 10.5 Å². The molecule has 30 heavy (non-hydrogen) atoms. The smallest absolute Gasteiger partial charge is 0.266 e. The van der Waals surface area contributed by atoms with Gasteiger partial charge < -0.3 is 9.88 Å². The molecule has 8 nitrogen and oxygen atoms in total. The highest BCUT2D eigenvalue weighted by Gasteiger charge is 2.14. The summed E-state index contributed by atoms with van der Waals surface area (Å²) in [5.41, 5.74) is 1.79. The number of rotatable bonds is 6. The van der Waals surface area contributed by atoms with Crippen LogP contribution in [0.15, 0.2) is 65.2 Å². The fourth-order valence-corrected chi connectivity index (χ4v) is 3.49. The number of nitrogens with two attached hydrogens (primary N) is 1. The van der Waals surface area contributed by atoms with Gasteiger partial charge in [-0.1, -0.05) is 18.2 Å². The summed E-state index contributed by atoms with van der Waals surface area (Å²) in [6.07, 6.45) is 3.62. The molecule has 0 unspecified atom stereocenters. The zero-order valence-corrected chi connectivity index (χ0v) is 16.6. The van der Waals surface area contributed by atoms with E-state index >= 15 is 0 Å². The first-order valence-electron chi connectivity index (χ1n) is 8.84. The van der Waals surface area contributed by atoms with Gasteiger partial charge in [-0.2, -0.15) is 10.5 Å². The second-order valence-electron chi connectivity index (χ2n) is 6.40. The van der Waals surface area contributed by atoms with Gasteiger partial charge in [0.2, 0.25) is 10.0 Å². The van der Waals surface area contributed by atoms with Crippen molar-refractivity contribution in [3.63, 3.8) is 0 Å². The number of primary sulfonamides is 1. The maximum absolute atomic E-state index is 12.6. The number of nitrogens with zero attached hydrogens (tertiary/aromatic N) is 3. The van der Waals surface area contributed by atoms with Gasteiger partial charge in [0.25, 0.3) is 5.91 Å². The summed E-state index contributed by atoms with van der Waals surface area (Å²) in [7, 11) is -3.83. The highest BCUT2D eigenvalue weighted by atomic mass is 32.2. The molecule has 0 fully saturated rings. The number of nitrogens with one attached hydrogen (secondary N) is 1. The Labute approximate surface area is 173 Å². The second kappa shape index (κ2) is 8.62. The number of aryl methyl sites for hydroxylation is 1. The number of fused-ring (bicyclic) bond motifs is 1. The molecule has 0 atom stereocenters. The maximum atomic E-state index is 12.6. The van der Waals surface area contributed by atoms with Gasteiger partial charge in [-0.05, 0) is 36.4 Å².